The van der Waals surface area contributed by atoms with Crippen LogP contribution in [0.2, 0.25) is 0 Å². The Morgan fingerprint density at radius 1 is 1.43 bits per heavy atom. The van der Waals surface area contributed by atoms with Crippen LogP contribution in [0, 0.1) is 5.41 Å². The van der Waals surface area contributed by atoms with Crippen molar-refractivity contribution in [1.82, 2.24) is 5.32 Å². The van der Waals surface area contributed by atoms with Gasteiger partial charge in [0.2, 0.25) is 5.91 Å². The van der Waals surface area contributed by atoms with Gasteiger partial charge in [-0.2, -0.15) is 0 Å². The van der Waals surface area contributed by atoms with Gasteiger partial charge in [-0.1, -0.05) is 6.07 Å². The van der Waals surface area contributed by atoms with Gasteiger partial charge >= 0.3 is 5.97 Å². The predicted molar refractivity (Wildman–Crippen MR) is 81.2 cm³/mol. The number of hydrogen-bond donors (Lipinski definition) is 2. The number of methoxy groups -OCH3 is 1. The highest BCUT2D eigenvalue weighted by Crippen LogP contribution is 2.36. The van der Waals surface area contributed by atoms with E-state index in [1.54, 1.807) is 19.2 Å². The number of benzene rings is 1. The normalized spacial score (nSPS) is 21.2. The maximum Gasteiger partial charge on any atom is 0.340 e. The summed E-state index contributed by atoms with van der Waals surface area (Å²) in [5.41, 5.74) is 7.17. The van der Waals surface area contributed by atoms with Crippen molar-refractivity contribution in [3.05, 3.63) is 23.8 Å². The van der Waals surface area contributed by atoms with E-state index in [4.69, 9.17) is 10.5 Å². The molecule has 1 unspecified atom stereocenters. The fourth-order valence-electron chi connectivity index (χ4n) is 2.77. The fourth-order valence-corrected chi connectivity index (χ4v) is 2.77. The fraction of sp³-hybridized carbons (Fsp3) is 0.467. The number of amides is 1. The zero-order valence-electron chi connectivity index (χ0n) is 12.6. The Bertz CT molecular complexity index is 573. The highest BCUT2D eigenvalue weighted by Gasteiger charge is 2.40. The molecule has 0 aliphatic carbocycles. The van der Waals surface area contributed by atoms with E-state index in [-0.39, 0.29) is 5.91 Å². The topological polar surface area (TPSA) is 84.7 Å². The maximum atomic E-state index is 12.0. The van der Waals surface area contributed by atoms with Crippen LogP contribution >= 0.6 is 0 Å². The molecule has 1 aromatic rings. The second kappa shape index (κ2) is 5.63. The summed E-state index contributed by atoms with van der Waals surface area (Å²) in [4.78, 5) is 25.7. The first kappa shape index (κ1) is 15.2. The average molecular weight is 291 g/mol. The van der Waals surface area contributed by atoms with Gasteiger partial charge < -0.3 is 20.7 Å². The monoisotopic (exact) mass is 291 g/mol. The van der Waals surface area contributed by atoms with Gasteiger partial charge in [0.15, 0.2) is 0 Å². The van der Waals surface area contributed by atoms with Gasteiger partial charge in [0, 0.05) is 20.1 Å². The zero-order valence-corrected chi connectivity index (χ0v) is 12.6. The number of carbonyl (C=O) groups excluding carboxylic acids is 2. The largest absolute Gasteiger partial charge is 0.465 e. The molecule has 0 spiro atoms. The summed E-state index contributed by atoms with van der Waals surface area (Å²) in [7, 11) is 2.97. The molecule has 0 bridgehead atoms. The molecule has 114 valence electrons. The van der Waals surface area contributed by atoms with E-state index in [9.17, 15) is 9.59 Å². The quantitative estimate of drug-likeness (QED) is 0.641. The van der Waals surface area contributed by atoms with Crippen LogP contribution in [0.1, 0.15) is 23.7 Å². The number of nitrogens with one attached hydrogen (secondary N) is 1. The van der Waals surface area contributed by atoms with Gasteiger partial charge in [0.05, 0.1) is 29.5 Å². The molecule has 1 aliphatic heterocycles. The minimum Gasteiger partial charge on any atom is -0.465 e. The number of nitrogens with two attached hydrogens (primary N) is 1. The van der Waals surface area contributed by atoms with Gasteiger partial charge in [0.25, 0.3) is 0 Å². The number of para-hydroxylation sites is 1. The van der Waals surface area contributed by atoms with E-state index in [2.05, 4.69) is 5.32 Å². The first-order valence-electron chi connectivity index (χ1n) is 6.87. The molecule has 3 N–H and O–H groups in total. The molecule has 1 amide bonds. The van der Waals surface area contributed by atoms with Crippen molar-refractivity contribution in [2.24, 2.45) is 5.41 Å². The summed E-state index contributed by atoms with van der Waals surface area (Å²) in [6.07, 6.45) is 0.745. The molecule has 21 heavy (non-hydrogen) atoms. The Morgan fingerprint density at radius 2 is 2.14 bits per heavy atom. The molecule has 0 radical (unpaired) electrons. The van der Waals surface area contributed by atoms with E-state index in [0.717, 1.165) is 18.7 Å². The third-order valence-corrected chi connectivity index (χ3v) is 4.08. The molecule has 2 rings (SSSR count). The van der Waals surface area contributed by atoms with Crippen LogP contribution in [-0.4, -0.2) is 39.1 Å². The SMILES string of the molecule is CNC(=O)C1(C)CCN(c2cccc(C(=O)OC)c2N)C1. The van der Waals surface area contributed by atoms with Crippen LogP contribution in [0.15, 0.2) is 18.2 Å². The Balaban J connectivity index is 2.29. The van der Waals surface area contributed by atoms with Crippen molar-refractivity contribution in [1.29, 1.82) is 0 Å². The minimum absolute atomic E-state index is 0.0210. The maximum absolute atomic E-state index is 12.0. The van der Waals surface area contributed by atoms with Crippen molar-refractivity contribution < 1.29 is 14.3 Å². The number of esters is 1. The molecule has 0 saturated carbocycles. The standard InChI is InChI=1S/C15H21N3O3/c1-15(14(20)17-2)7-8-18(9-15)11-6-4-5-10(12(11)16)13(19)21-3/h4-6H,7-9,16H2,1-3H3,(H,17,20). The van der Waals surface area contributed by atoms with Crippen LogP contribution in [0.3, 0.4) is 0 Å². The molecule has 1 aromatic carbocycles. The summed E-state index contributed by atoms with van der Waals surface area (Å²) < 4.78 is 4.73. The zero-order chi connectivity index (χ0) is 15.6. The third-order valence-electron chi connectivity index (χ3n) is 4.08. The van der Waals surface area contributed by atoms with Gasteiger partial charge in [-0.3, -0.25) is 4.79 Å². The summed E-state index contributed by atoms with van der Waals surface area (Å²) in [6, 6.07) is 5.27. The Hall–Kier alpha value is -2.24. The number of nitrogens with zero attached hydrogens (tertiary/aromatic N) is 1. The summed E-state index contributed by atoms with van der Waals surface area (Å²) >= 11 is 0. The van der Waals surface area contributed by atoms with E-state index < -0.39 is 11.4 Å². The second-order valence-electron chi connectivity index (χ2n) is 5.54. The predicted octanol–water partition coefficient (Wildman–Crippen LogP) is 1.02. The van der Waals surface area contributed by atoms with Crippen molar-refractivity contribution in [2.75, 3.05) is 37.9 Å². The highest BCUT2D eigenvalue weighted by atomic mass is 16.5. The molecular weight excluding hydrogens is 270 g/mol. The molecule has 1 saturated heterocycles. The van der Waals surface area contributed by atoms with Gasteiger partial charge in [-0.15, -0.1) is 0 Å². The first-order chi connectivity index (χ1) is 9.92. The molecule has 6 heteroatoms. The number of ether oxygens (including phenoxy) is 1. The second-order valence-corrected chi connectivity index (χ2v) is 5.54. The molecule has 1 aliphatic rings. The lowest BCUT2D eigenvalue weighted by atomic mass is 9.89. The van der Waals surface area contributed by atoms with Crippen molar-refractivity contribution in [3.63, 3.8) is 0 Å². The van der Waals surface area contributed by atoms with Crippen LogP contribution in [-0.2, 0) is 9.53 Å². The average Bonchev–Trinajstić information content (AvgIpc) is 2.89. The number of nitrogen functional groups attached to an aromatic ring is 1. The van der Waals surface area contributed by atoms with E-state index >= 15 is 0 Å². The lowest BCUT2D eigenvalue weighted by Gasteiger charge is -2.25. The number of hydrogen-bond acceptors (Lipinski definition) is 5. The van der Waals surface area contributed by atoms with E-state index in [1.165, 1.54) is 7.11 Å². The lowest BCUT2D eigenvalue weighted by molar-refractivity contribution is -0.128. The van der Waals surface area contributed by atoms with Crippen LogP contribution in [0.25, 0.3) is 0 Å². The van der Waals surface area contributed by atoms with Crippen molar-refractivity contribution in [3.8, 4) is 0 Å². The molecule has 1 heterocycles. The smallest absolute Gasteiger partial charge is 0.340 e. The highest BCUT2D eigenvalue weighted by molar-refractivity contribution is 5.98. The molecule has 1 fully saturated rings. The summed E-state index contributed by atoms with van der Waals surface area (Å²) in [6.45, 7) is 3.23. The summed E-state index contributed by atoms with van der Waals surface area (Å²) in [5.74, 6) is -0.435. The minimum atomic E-state index is -0.456. The van der Waals surface area contributed by atoms with Crippen LogP contribution in [0.5, 0.6) is 0 Å². The van der Waals surface area contributed by atoms with Crippen LogP contribution < -0.4 is 16.0 Å². The van der Waals surface area contributed by atoms with Gasteiger partial charge in [-0.05, 0) is 25.5 Å². The Kier molecular flexibility index (Phi) is 4.06. The van der Waals surface area contributed by atoms with Gasteiger partial charge in [-0.25, -0.2) is 4.79 Å². The third kappa shape index (κ3) is 2.66. The Labute approximate surface area is 124 Å². The van der Waals surface area contributed by atoms with E-state index in [0.29, 0.717) is 17.8 Å². The van der Waals surface area contributed by atoms with Crippen molar-refractivity contribution >= 4 is 23.3 Å². The van der Waals surface area contributed by atoms with Crippen LogP contribution in [0.4, 0.5) is 11.4 Å². The molecule has 1 atom stereocenters. The molecule has 0 aromatic heterocycles. The lowest BCUT2D eigenvalue weighted by Crippen LogP contribution is -2.39. The number of carbonyl (C=O) groups is 2. The number of rotatable bonds is 3. The summed E-state index contributed by atoms with van der Waals surface area (Å²) in [5, 5.41) is 2.70. The van der Waals surface area contributed by atoms with Crippen molar-refractivity contribution in [2.45, 2.75) is 13.3 Å². The van der Waals surface area contributed by atoms with E-state index in [1.807, 2.05) is 17.9 Å². The Morgan fingerprint density at radius 3 is 2.76 bits per heavy atom. The van der Waals surface area contributed by atoms with Gasteiger partial charge in [0.1, 0.15) is 0 Å². The number of anilines is 2. The molecule has 6 nitrogen and oxygen atoms in total. The molecular formula is C15H21N3O3. The first-order valence-corrected chi connectivity index (χ1v) is 6.87.